The lowest BCUT2D eigenvalue weighted by Crippen LogP contribution is -2.26. The molecule has 0 aromatic carbocycles. The summed E-state index contributed by atoms with van der Waals surface area (Å²) >= 11 is 0. The Kier molecular flexibility index (Phi) is 6.00. The summed E-state index contributed by atoms with van der Waals surface area (Å²) in [6.45, 7) is 2.70. The molecule has 0 radical (unpaired) electrons. The van der Waals surface area contributed by atoms with Crippen molar-refractivity contribution in [3.05, 3.63) is 11.8 Å². The summed E-state index contributed by atoms with van der Waals surface area (Å²) in [6, 6.07) is 0. The predicted octanol–water partition coefficient (Wildman–Crippen LogP) is 0.734. The summed E-state index contributed by atoms with van der Waals surface area (Å²) in [4.78, 5) is 22.0. The van der Waals surface area contributed by atoms with E-state index in [1.165, 1.54) is 33.9 Å². The molecule has 1 amide bonds. The van der Waals surface area contributed by atoms with Crippen molar-refractivity contribution in [3.8, 4) is 0 Å². The molecule has 0 heterocycles. The normalized spacial score (nSPS) is 15.1. The summed E-state index contributed by atoms with van der Waals surface area (Å²) in [7, 11) is -0.238. The van der Waals surface area contributed by atoms with Gasteiger partial charge in [0.2, 0.25) is 13.3 Å². The van der Waals surface area contributed by atoms with Gasteiger partial charge in [0.25, 0.3) is 0 Å². The van der Waals surface area contributed by atoms with Crippen LogP contribution in [0, 0.1) is 0 Å². The molecule has 0 spiro atoms. The second kappa shape index (κ2) is 6.45. The molecule has 0 bridgehead atoms. The minimum absolute atomic E-state index is 0.0332. The van der Waals surface area contributed by atoms with Crippen molar-refractivity contribution in [1.82, 2.24) is 5.32 Å². The van der Waals surface area contributed by atoms with Gasteiger partial charge in [-0.3, -0.25) is 9.36 Å². The van der Waals surface area contributed by atoms with E-state index in [0.29, 0.717) is 0 Å². The fourth-order valence-corrected chi connectivity index (χ4v) is 1.48. The van der Waals surface area contributed by atoms with Gasteiger partial charge in [0, 0.05) is 26.9 Å². The van der Waals surface area contributed by atoms with E-state index in [1.807, 2.05) is 0 Å². The van der Waals surface area contributed by atoms with Crippen molar-refractivity contribution in [2.75, 3.05) is 27.0 Å². The molecular formula is C9H16NO5P. The molecule has 0 aromatic rings. The van der Waals surface area contributed by atoms with Gasteiger partial charge in [0.15, 0.2) is 0 Å². The summed E-state index contributed by atoms with van der Waals surface area (Å²) in [5.41, 5.74) is -0.0332. The van der Waals surface area contributed by atoms with Crippen molar-refractivity contribution in [2.45, 2.75) is 6.92 Å². The van der Waals surface area contributed by atoms with E-state index in [0.717, 1.165) is 0 Å². The number of carbonyl (C=O) groups is 2. The largest absolute Gasteiger partial charge is 0.464 e. The quantitative estimate of drug-likeness (QED) is 0.441. The Hall–Kier alpha value is -1.13. The number of esters is 1. The van der Waals surface area contributed by atoms with Gasteiger partial charge >= 0.3 is 5.97 Å². The average Bonchev–Trinajstić information content (AvgIpc) is 2.22. The van der Waals surface area contributed by atoms with E-state index in [1.54, 1.807) is 0 Å². The van der Waals surface area contributed by atoms with Gasteiger partial charge in [0.1, 0.15) is 5.70 Å². The zero-order chi connectivity index (χ0) is 12.8. The highest BCUT2D eigenvalue weighted by Gasteiger charge is 2.16. The highest BCUT2D eigenvalue weighted by atomic mass is 31.2. The third-order valence-electron chi connectivity index (χ3n) is 1.73. The molecule has 0 aromatic heterocycles. The Morgan fingerprint density at radius 1 is 1.38 bits per heavy atom. The average molecular weight is 249 g/mol. The van der Waals surface area contributed by atoms with Crippen molar-refractivity contribution >= 4 is 19.2 Å². The van der Waals surface area contributed by atoms with Crippen LogP contribution in [0.3, 0.4) is 0 Å². The monoisotopic (exact) mass is 249 g/mol. The SMILES string of the molecule is COC(=O)/C(=C\CP(C)(=O)OC)NC(C)=O. The molecule has 1 unspecified atom stereocenters. The first-order chi connectivity index (χ1) is 7.32. The molecule has 92 valence electrons. The first-order valence-electron chi connectivity index (χ1n) is 4.50. The van der Waals surface area contributed by atoms with E-state index in [9.17, 15) is 14.2 Å². The van der Waals surface area contributed by atoms with E-state index < -0.39 is 19.2 Å². The number of hydrogen-bond donors (Lipinski definition) is 1. The molecule has 0 saturated carbocycles. The predicted molar refractivity (Wildman–Crippen MR) is 59.3 cm³/mol. The highest BCUT2D eigenvalue weighted by Crippen LogP contribution is 2.41. The number of hydrogen-bond acceptors (Lipinski definition) is 5. The maximum atomic E-state index is 11.6. The molecule has 0 saturated heterocycles. The zero-order valence-corrected chi connectivity index (χ0v) is 10.7. The molecule has 1 atom stereocenters. The minimum atomic E-state index is -2.76. The van der Waals surface area contributed by atoms with Gasteiger partial charge in [-0.15, -0.1) is 0 Å². The number of nitrogens with one attached hydrogen (secondary N) is 1. The summed E-state index contributed by atoms with van der Waals surface area (Å²) < 4.78 is 20.8. The van der Waals surface area contributed by atoms with Crippen molar-refractivity contribution in [2.24, 2.45) is 0 Å². The fourth-order valence-electron chi connectivity index (χ4n) is 0.817. The maximum absolute atomic E-state index is 11.6. The maximum Gasteiger partial charge on any atom is 0.354 e. The van der Waals surface area contributed by atoms with Crippen LogP contribution in [0.1, 0.15) is 6.92 Å². The van der Waals surface area contributed by atoms with Crippen molar-refractivity contribution < 1.29 is 23.4 Å². The van der Waals surface area contributed by atoms with Crippen LogP contribution in [0.5, 0.6) is 0 Å². The van der Waals surface area contributed by atoms with Gasteiger partial charge in [-0.1, -0.05) is 0 Å². The topological polar surface area (TPSA) is 81.7 Å². The van der Waals surface area contributed by atoms with Gasteiger partial charge in [-0.2, -0.15) is 0 Å². The highest BCUT2D eigenvalue weighted by molar-refractivity contribution is 7.58. The Balaban J connectivity index is 4.76. The Bertz CT molecular complexity index is 350. The van der Waals surface area contributed by atoms with Crippen molar-refractivity contribution in [1.29, 1.82) is 0 Å². The molecule has 6 nitrogen and oxygen atoms in total. The Morgan fingerprint density at radius 3 is 2.31 bits per heavy atom. The summed E-state index contributed by atoms with van der Waals surface area (Å²) in [5.74, 6) is -1.09. The van der Waals surface area contributed by atoms with Crippen LogP contribution in [0.4, 0.5) is 0 Å². The molecule has 7 heteroatoms. The molecule has 1 N–H and O–H groups in total. The second-order valence-electron chi connectivity index (χ2n) is 3.17. The Labute approximate surface area is 94.4 Å². The first-order valence-corrected chi connectivity index (χ1v) is 6.76. The number of amides is 1. The van der Waals surface area contributed by atoms with E-state index in [-0.39, 0.29) is 11.9 Å². The lowest BCUT2D eigenvalue weighted by molar-refractivity contribution is -0.137. The van der Waals surface area contributed by atoms with Gasteiger partial charge < -0.3 is 14.6 Å². The molecular weight excluding hydrogens is 233 g/mol. The van der Waals surface area contributed by atoms with Crippen LogP contribution < -0.4 is 5.32 Å². The number of rotatable bonds is 5. The standard InChI is InChI=1S/C9H16NO5P/c1-7(11)10-8(9(12)14-2)5-6-16(4,13)15-3/h5H,6H2,1-4H3,(H,10,11)/b8-5+. The molecule has 0 fully saturated rings. The first kappa shape index (κ1) is 14.9. The number of allylic oxidation sites excluding steroid dienone is 1. The minimum Gasteiger partial charge on any atom is -0.464 e. The lowest BCUT2D eigenvalue weighted by atomic mass is 10.4. The van der Waals surface area contributed by atoms with Crippen LogP contribution in [-0.2, 0) is 23.4 Å². The number of methoxy groups -OCH3 is 1. The Morgan fingerprint density at radius 2 is 1.94 bits per heavy atom. The number of carbonyl (C=O) groups excluding carboxylic acids is 2. The smallest absolute Gasteiger partial charge is 0.354 e. The van der Waals surface area contributed by atoms with E-state index in [2.05, 4.69) is 10.1 Å². The fraction of sp³-hybridized carbons (Fsp3) is 0.556. The van der Waals surface area contributed by atoms with Crippen LogP contribution in [0.2, 0.25) is 0 Å². The van der Waals surface area contributed by atoms with Gasteiger partial charge in [-0.05, 0) is 6.08 Å². The molecule has 0 aliphatic rings. The van der Waals surface area contributed by atoms with E-state index in [4.69, 9.17) is 4.52 Å². The lowest BCUT2D eigenvalue weighted by Gasteiger charge is -2.09. The molecule has 0 rings (SSSR count). The molecule has 0 aliphatic carbocycles. The van der Waals surface area contributed by atoms with Crippen molar-refractivity contribution in [3.63, 3.8) is 0 Å². The van der Waals surface area contributed by atoms with Gasteiger partial charge in [-0.25, -0.2) is 4.79 Å². The third kappa shape index (κ3) is 5.68. The van der Waals surface area contributed by atoms with Crippen LogP contribution in [0.15, 0.2) is 11.8 Å². The second-order valence-corrected chi connectivity index (χ2v) is 5.93. The third-order valence-corrected chi connectivity index (χ3v) is 3.35. The summed E-state index contributed by atoms with van der Waals surface area (Å²) in [6.07, 6.45) is 1.38. The van der Waals surface area contributed by atoms with Crippen LogP contribution in [0.25, 0.3) is 0 Å². The van der Waals surface area contributed by atoms with E-state index >= 15 is 0 Å². The summed E-state index contributed by atoms with van der Waals surface area (Å²) in [5, 5.41) is 2.30. The number of ether oxygens (including phenoxy) is 1. The molecule has 16 heavy (non-hydrogen) atoms. The molecule has 0 aliphatic heterocycles. The van der Waals surface area contributed by atoms with Crippen LogP contribution >= 0.6 is 7.37 Å². The van der Waals surface area contributed by atoms with Gasteiger partial charge in [0.05, 0.1) is 7.11 Å². The van der Waals surface area contributed by atoms with Crippen LogP contribution in [-0.4, -0.2) is 38.9 Å². The zero-order valence-electron chi connectivity index (χ0n) is 9.77.